The van der Waals surface area contributed by atoms with E-state index in [0.717, 1.165) is 37.9 Å². The number of esters is 1. The third-order valence-corrected chi connectivity index (χ3v) is 4.47. The maximum Gasteiger partial charge on any atom is 0.311 e. The SMILES string of the molecule is CCC(C)(C)C(=O)OC1CCC(Oc2ccc(O)cc2)CC1. The summed E-state index contributed by atoms with van der Waals surface area (Å²) in [6, 6.07) is 6.78. The molecule has 122 valence electrons. The third kappa shape index (κ3) is 4.39. The minimum absolute atomic E-state index is 0.0120. The average molecular weight is 306 g/mol. The van der Waals surface area contributed by atoms with Gasteiger partial charge in [0.05, 0.1) is 11.5 Å². The van der Waals surface area contributed by atoms with E-state index in [2.05, 4.69) is 0 Å². The number of aromatic hydroxyl groups is 1. The maximum atomic E-state index is 12.1. The number of hydrogen-bond acceptors (Lipinski definition) is 4. The van der Waals surface area contributed by atoms with E-state index in [0.29, 0.717) is 0 Å². The second-order valence-electron chi connectivity index (χ2n) is 6.65. The highest BCUT2D eigenvalue weighted by Crippen LogP contribution is 2.29. The predicted molar refractivity (Wildman–Crippen MR) is 84.9 cm³/mol. The summed E-state index contributed by atoms with van der Waals surface area (Å²) in [5, 5.41) is 9.26. The van der Waals surface area contributed by atoms with Crippen LogP contribution >= 0.6 is 0 Å². The molecule has 0 aromatic heterocycles. The third-order valence-electron chi connectivity index (χ3n) is 4.47. The second kappa shape index (κ2) is 7.03. The van der Waals surface area contributed by atoms with Gasteiger partial charge in [0.15, 0.2) is 0 Å². The van der Waals surface area contributed by atoms with Crippen LogP contribution in [-0.2, 0) is 9.53 Å². The summed E-state index contributed by atoms with van der Waals surface area (Å²) in [6.07, 6.45) is 4.39. The van der Waals surface area contributed by atoms with Gasteiger partial charge in [-0.05, 0) is 70.2 Å². The zero-order chi connectivity index (χ0) is 16.2. The number of benzene rings is 1. The number of carbonyl (C=O) groups excluding carboxylic acids is 1. The van der Waals surface area contributed by atoms with Crippen LogP contribution < -0.4 is 4.74 Å². The van der Waals surface area contributed by atoms with Crippen molar-refractivity contribution in [1.82, 2.24) is 0 Å². The zero-order valence-electron chi connectivity index (χ0n) is 13.7. The fourth-order valence-corrected chi connectivity index (χ4v) is 2.44. The van der Waals surface area contributed by atoms with Crippen molar-refractivity contribution in [3.63, 3.8) is 0 Å². The molecule has 22 heavy (non-hydrogen) atoms. The Morgan fingerprint density at radius 1 is 1.14 bits per heavy atom. The van der Waals surface area contributed by atoms with Gasteiger partial charge >= 0.3 is 5.97 Å². The first-order valence-corrected chi connectivity index (χ1v) is 8.07. The minimum Gasteiger partial charge on any atom is -0.508 e. The molecule has 1 aliphatic rings. The standard InChI is InChI=1S/C18H26O4/c1-4-18(2,3)17(20)22-16-11-9-15(10-12-16)21-14-7-5-13(19)6-8-14/h5-8,15-16,19H,4,9-12H2,1-3H3. The molecule has 0 saturated heterocycles. The van der Waals surface area contributed by atoms with Gasteiger partial charge in [-0.2, -0.15) is 0 Å². The van der Waals surface area contributed by atoms with Crippen molar-refractivity contribution in [3.8, 4) is 11.5 Å². The number of phenols is 1. The number of carbonyl (C=O) groups is 1. The van der Waals surface area contributed by atoms with Gasteiger partial charge in [0.2, 0.25) is 0 Å². The van der Waals surface area contributed by atoms with Crippen LogP contribution in [0.15, 0.2) is 24.3 Å². The Morgan fingerprint density at radius 3 is 2.23 bits per heavy atom. The molecule has 1 aromatic carbocycles. The van der Waals surface area contributed by atoms with Crippen molar-refractivity contribution in [1.29, 1.82) is 0 Å². The topological polar surface area (TPSA) is 55.8 Å². The smallest absolute Gasteiger partial charge is 0.311 e. The molecule has 1 aromatic rings. The van der Waals surface area contributed by atoms with E-state index in [1.54, 1.807) is 24.3 Å². The molecule has 2 rings (SSSR count). The lowest BCUT2D eigenvalue weighted by Gasteiger charge is -2.31. The van der Waals surface area contributed by atoms with Crippen LogP contribution in [-0.4, -0.2) is 23.3 Å². The summed E-state index contributed by atoms with van der Waals surface area (Å²) < 4.78 is 11.5. The van der Waals surface area contributed by atoms with Crippen molar-refractivity contribution >= 4 is 5.97 Å². The normalized spacial score (nSPS) is 22.1. The lowest BCUT2D eigenvalue weighted by Crippen LogP contribution is -2.34. The Kier molecular flexibility index (Phi) is 5.33. The summed E-state index contributed by atoms with van der Waals surface area (Å²) in [5.74, 6) is 0.907. The molecule has 0 radical (unpaired) electrons. The first kappa shape index (κ1) is 16.7. The lowest BCUT2D eigenvalue weighted by molar-refractivity contribution is -0.162. The molecular weight excluding hydrogens is 280 g/mol. The maximum absolute atomic E-state index is 12.1. The van der Waals surface area contributed by atoms with Crippen molar-refractivity contribution in [2.45, 2.75) is 65.1 Å². The molecule has 0 bridgehead atoms. The molecule has 4 nitrogen and oxygen atoms in total. The number of rotatable bonds is 5. The number of hydrogen-bond donors (Lipinski definition) is 1. The molecule has 1 saturated carbocycles. The Balaban J connectivity index is 1.78. The van der Waals surface area contributed by atoms with Gasteiger partial charge in [0.25, 0.3) is 0 Å². The minimum atomic E-state index is -0.403. The average Bonchev–Trinajstić information content (AvgIpc) is 2.51. The summed E-state index contributed by atoms with van der Waals surface area (Å²) in [4.78, 5) is 12.1. The summed E-state index contributed by atoms with van der Waals surface area (Å²) in [7, 11) is 0. The first-order valence-electron chi connectivity index (χ1n) is 8.07. The molecule has 1 N–H and O–H groups in total. The van der Waals surface area contributed by atoms with Gasteiger partial charge in [0, 0.05) is 0 Å². The Bertz CT molecular complexity index is 484. The van der Waals surface area contributed by atoms with Crippen LogP contribution in [0.4, 0.5) is 0 Å². The van der Waals surface area contributed by atoms with Crippen LogP contribution in [0.25, 0.3) is 0 Å². The molecule has 1 fully saturated rings. The Labute approximate surface area is 132 Å². The summed E-state index contributed by atoms with van der Waals surface area (Å²) in [5.41, 5.74) is -0.403. The van der Waals surface area contributed by atoms with Crippen LogP contribution in [0.3, 0.4) is 0 Å². The van der Waals surface area contributed by atoms with Gasteiger partial charge in [-0.15, -0.1) is 0 Å². The molecule has 1 aliphatic carbocycles. The number of phenolic OH excluding ortho intramolecular Hbond substituents is 1. The molecule has 0 unspecified atom stereocenters. The molecule has 0 spiro atoms. The summed E-state index contributed by atoms with van der Waals surface area (Å²) in [6.45, 7) is 5.85. The molecule has 0 atom stereocenters. The van der Waals surface area contributed by atoms with Crippen molar-refractivity contribution in [2.75, 3.05) is 0 Å². The highest BCUT2D eigenvalue weighted by atomic mass is 16.5. The predicted octanol–water partition coefficient (Wildman–Crippen LogP) is 4.06. The van der Waals surface area contributed by atoms with Crippen molar-refractivity contribution in [2.24, 2.45) is 5.41 Å². The quantitative estimate of drug-likeness (QED) is 0.833. The summed E-state index contributed by atoms with van der Waals surface area (Å²) >= 11 is 0. The highest BCUT2D eigenvalue weighted by Gasteiger charge is 2.31. The van der Waals surface area contributed by atoms with E-state index < -0.39 is 5.41 Å². The van der Waals surface area contributed by atoms with E-state index in [-0.39, 0.29) is 23.9 Å². The monoisotopic (exact) mass is 306 g/mol. The number of ether oxygens (including phenoxy) is 2. The molecule has 0 aliphatic heterocycles. The fraction of sp³-hybridized carbons (Fsp3) is 0.611. The van der Waals surface area contributed by atoms with Gasteiger partial charge < -0.3 is 14.6 Å². The van der Waals surface area contributed by atoms with E-state index in [9.17, 15) is 9.90 Å². The van der Waals surface area contributed by atoms with Crippen LogP contribution in [0.2, 0.25) is 0 Å². The van der Waals surface area contributed by atoms with Gasteiger partial charge in [-0.3, -0.25) is 4.79 Å². The largest absolute Gasteiger partial charge is 0.508 e. The first-order chi connectivity index (χ1) is 10.4. The van der Waals surface area contributed by atoms with E-state index in [1.165, 1.54) is 0 Å². The van der Waals surface area contributed by atoms with E-state index in [1.807, 2.05) is 20.8 Å². The van der Waals surface area contributed by atoms with Crippen LogP contribution in [0, 0.1) is 5.41 Å². The van der Waals surface area contributed by atoms with Crippen molar-refractivity contribution in [3.05, 3.63) is 24.3 Å². The van der Waals surface area contributed by atoms with Gasteiger partial charge in [-0.1, -0.05) is 6.92 Å². The lowest BCUT2D eigenvalue weighted by atomic mass is 9.90. The van der Waals surface area contributed by atoms with Gasteiger partial charge in [-0.25, -0.2) is 0 Å². The Morgan fingerprint density at radius 2 is 1.68 bits per heavy atom. The zero-order valence-corrected chi connectivity index (χ0v) is 13.7. The van der Waals surface area contributed by atoms with E-state index in [4.69, 9.17) is 9.47 Å². The molecule has 4 heteroatoms. The molecular formula is C18H26O4. The molecule has 0 amide bonds. The Hall–Kier alpha value is -1.71. The highest BCUT2D eigenvalue weighted by molar-refractivity contribution is 5.75. The van der Waals surface area contributed by atoms with Crippen molar-refractivity contribution < 1.29 is 19.4 Å². The fourth-order valence-electron chi connectivity index (χ4n) is 2.44. The van der Waals surface area contributed by atoms with Gasteiger partial charge in [0.1, 0.15) is 17.6 Å². The second-order valence-corrected chi connectivity index (χ2v) is 6.65. The molecule has 0 heterocycles. The van der Waals surface area contributed by atoms with E-state index >= 15 is 0 Å². The van der Waals surface area contributed by atoms with Crippen LogP contribution in [0.5, 0.6) is 11.5 Å². The van der Waals surface area contributed by atoms with Crippen LogP contribution in [0.1, 0.15) is 52.9 Å².